The molecule has 1 fully saturated rings. The van der Waals surface area contributed by atoms with Crippen molar-refractivity contribution in [3.05, 3.63) is 35.4 Å². The molecule has 0 atom stereocenters. The molecular weight excluding hydrogens is 232 g/mol. The smallest absolute Gasteiger partial charge is 0.0107 e. The van der Waals surface area contributed by atoms with Gasteiger partial charge in [-0.15, -0.1) is 0 Å². The lowest BCUT2D eigenvalue weighted by Gasteiger charge is -2.26. The molecule has 0 aliphatic carbocycles. The number of benzene rings is 1. The summed E-state index contributed by atoms with van der Waals surface area (Å²) in [6.45, 7) is 8.30. The minimum Gasteiger partial charge on any atom is -0.315 e. The van der Waals surface area contributed by atoms with Crippen LogP contribution in [0.4, 0.5) is 0 Å². The van der Waals surface area contributed by atoms with Crippen molar-refractivity contribution in [2.24, 2.45) is 0 Å². The second kappa shape index (κ2) is 8.34. The molecule has 0 radical (unpaired) electrons. The number of piperidine rings is 1. The Balaban J connectivity index is 1.50. The maximum atomic E-state index is 3.58. The lowest BCUT2D eigenvalue weighted by atomic mass is 10.1. The van der Waals surface area contributed by atoms with E-state index < -0.39 is 0 Å². The summed E-state index contributed by atoms with van der Waals surface area (Å²) < 4.78 is 0. The van der Waals surface area contributed by atoms with Gasteiger partial charge in [0.25, 0.3) is 0 Å². The molecule has 1 aliphatic rings. The highest BCUT2D eigenvalue weighted by atomic mass is 15.1. The second-order valence-electron chi connectivity index (χ2n) is 5.74. The number of rotatable bonds is 7. The maximum absolute atomic E-state index is 3.58. The largest absolute Gasteiger partial charge is 0.315 e. The van der Waals surface area contributed by atoms with Gasteiger partial charge in [0.2, 0.25) is 0 Å². The monoisotopic (exact) mass is 260 g/mol. The molecule has 2 heteroatoms. The first-order chi connectivity index (χ1) is 9.34. The van der Waals surface area contributed by atoms with Crippen molar-refractivity contribution in [3.8, 4) is 0 Å². The zero-order chi connectivity index (χ0) is 13.3. The fourth-order valence-corrected chi connectivity index (χ4v) is 2.83. The molecule has 0 spiro atoms. The van der Waals surface area contributed by atoms with Crippen LogP contribution in [-0.4, -0.2) is 37.6 Å². The molecule has 2 nitrogen and oxygen atoms in total. The Kier molecular flexibility index (Phi) is 6.38. The quantitative estimate of drug-likeness (QED) is 0.758. The highest BCUT2D eigenvalue weighted by Gasteiger charge is 2.08. The highest BCUT2D eigenvalue weighted by Crippen LogP contribution is 2.07. The van der Waals surface area contributed by atoms with Gasteiger partial charge < -0.3 is 10.2 Å². The Morgan fingerprint density at radius 1 is 1.11 bits per heavy atom. The molecule has 1 aliphatic heterocycles. The predicted octanol–water partition coefficient (Wildman–Crippen LogP) is 3.00. The number of nitrogens with one attached hydrogen (secondary N) is 1. The average molecular weight is 260 g/mol. The third-order valence-electron chi connectivity index (χ3n) is 3.95. The first-order valence-corrected chi connectivity index (χ1v) is 7.83. The molecule has 1 aromatic rings. The fourth-order valence-electron chi connectivity index (χ4n) is 2.83. The standard InChI is InChI=1S/C17H28N2/c1-16-7-5-8-17(15-16)9-6-10-18-11-14-19-12-3-2-4-13-19/h5,7-8,15,18H,2-4,6,9-14H2,1H3. The Morgan fingerprint density at radius 3 is 2.74 bits per heavy atom. The summed E-state index contributed by atoms with van der Waals surface area (Å²) in [5.41, 5.74) is 2.84. The molecule has 106 valence electrons. The summed E-state index contributed by atoms with van der Waals surface area (Å²) in [6, 6.07) is 8.86. The molecule has 0 unspecified atom stereocenters. The van der Waals surface area contributed by atoms with E-state index in [4.69, 9.17) is 0 Å². The first kappa shape index (κ1) is 14.5. The Hall–Kier alpha value is -0.860. The molecule has 1 saturated heterocycles. The van der Waals surface area contributed by atoms with E-state index in [1.807, 2.05) is 0 Å². The molecule has 0 amide bonds. The van der Waals surface area contributed by atoms with Crippen LogP contribution in [0.15, 0.2) is 24.3 Å². The van der Waals surface area contributed by atoms with E-state index in [2.05, 4.69) is 41.4 Å². The average Bonchev–Trinajstić information content (AvgIpc) is 2.44. The number of nitrogens with zero attached hydrogens (tertiary/aromatic N) is 1. The normalized spacial score (nSPS) is 16.7. The van der Waals surface area contributed by atoms with Crippen LogP contribution in [0.25, 0.3) is 0 Å². The predicted molar refractivity (Wildman–Crippen MR) is 82.7 cm³/mol. The van der Waals surface area contributed by atoms with Gasteiger partial charge in [-0.1, -0.05) is 36.2 Å². The van der Waals surface area contributed by atoms with E-state index in [1.165, 1.54) is 62.9 Å². The van der Waals surface area contributed by atoms with Gasteiger partial charge in [0.05, 0.1) is 0 Å². The van der Waals surface area contributed by atoms with Crippen LogP contribution in [-0.2, 0) is 6.42 Å². The van der Waals surface area contributed by atoms with Crippen molar-refractivity contribution in [2.75, 3.05) is 32.7 Å². The van der Waals surface area contributed by atoms with Crippen LogP contribution < -0.4 is 5.32 Å². The minimum absolute atomic E-state index is 1.14. The van der Waals surface area contributed by atoms with Crippen LogP contribution in [0, 0.1) is 6.92 Å². The van der Waals surface area contributed by atoms with Crippen LogP contribution in [0.3, 0.4) is 0 Å². The van der Waals surface area contributed by atoms with E-state index in [9.17, 15) is 0 Å². The van der Waals surface area contributed by atoms with E-state index in [0.29, 0.717) is 0 Å². The first-order valence-electron chi connectivity index (χ1n) is 7.83. The summed E-state index contributed by atoms with van der Waals surface area (Å²) in [4.78, 5) is 2.59. The van der Waals surface area contributed by atoms with Gasteiger partial charge in [-0.05, 0) is 57.8 Å². The number of likely N-dealkylation sites (tertiary alicyclic amines) is 1. The lowest BCUT2D eigenvalue weighted by molar-refractivity contribution is 0.229. The molecule has 19 heavy (non-hydrogen) atoms. The van der Waals surface area contributed by atoms with Crippen LogP contribution in [0.2, 0.25) is 0 Å². The van der Waals surface area contributed by atoms with Crippen molar-refractivity contribution in [2.45, 2.75) is 39.0 Å². The zero-order valence-corrected chi connectivity index (χ0v) is 12.3. The van der Waals surface area contributed by atoms with E-state index >= 15 is 0 Å². The number of hydrogen-bond acceptors (Lipinski definition) is 2. The summed E-state index contributed by atoms with van der Waals surface area (Å²) in [6.07, 6.45) is 6.66. The molecule has 0 bridgehead atoms. The molecule has 1 aromatic carbocycles. The van der Waals surface area contributed by atoms with Gasteiger partial charge >= 0.3 is 0 Å². The summed E-state index contributed by atoms with van der Waals surface area (Å²) in [5, 5.41) is 3.58. The van der Waals surface area contributed by atoms with Crippen LogP contribution in [0.1, 0.15) is 36.8 Å². The van der Waals surface area contributed by atoms with Crippen molar-refractivity contribution in [1.29, 1.82) is 0 Å². The van der Waals surface area contributed by atoms with Crippen LogP contribution in [0.5, 0.6) is 0 Å². The SMILES string of the molecule is Cc1cccc(CCCNCCN2CCCCC2)c1. The van der Waals surface area contributed by atoms with Crippen molar-refractivity contribution in [3.63, 3.8) is 0 Å². The van der Waals surface area contributed by atoms with Crippen LogP contribution >= 0.6 is 0 Å². The number of hydrogen-bond donors (Lipinski definition) is 1. The molecule has 1 heterocycles. The molecule has 1 N–H and O–H groups in total. The topological polar surface area (TPSA) is 15.3 Å². The molecule has 0 aromatic heterocycles. The Labute approximate surface area is 118 Å². The van der Waals surface area contributed by atoms with Crippen molar-refractivity contribution >= 4 is 0 Å². The van der Waals surface area contributed by atoms with Gasteiger partial charge in [-0.2, -0.15) is 0 Å². The third-order valence-corrected chi connectivity index (χ3v) is 3.95. The minimum atomic E-state index is 1.14. The highest BCUT2D eigenvalue weighted by molar-refractivity contribution is 5.22. The van der Waals surface area contributed by atoms with Crippen molar-refractivity contribution < 1.29 is 0 Å². The second-order valence-corrected chi connectivity index (χ2v) is 5.74. The van der Waals surface area contributed by atoms with Gasteiger partial charge in [-0.3, -0.25) is 0 Å². The lowest BCUT2D eigenvalue weighted by Crippen LogP contribution is -2.36. The van der Waals surface area contributed by atoms with E-state index in [0.717, 1.165) is 13.1 Å². The zero-order valence-electron chi connectivity index (χ0n) is 12.3. The summed E-state index contributed by atoms with van der Waals surface area (Å²) in [7, 11) is 0. The molecule has 0 saturated carbocycles. The summed E-state index contributed by atoms with van der Waals surface area (Å²) in [5.74, 6) is 0. The van der Waals surface area contributed by atoms with Gasteiger partial charge in [0, 0.05) is 13.1 Å². The van der Waals surface area contributed by atoms with Gasteiger partial charge in [0.1, 0.15) is 0 Å². The molecular formula is C17H28N2. The number of aryl methyl sites for hydroxylation is 2. The Bertz CT molecular complexity index is 356. The third kappa shape index (κ3) is 5.75. The van der Waals surface area contributed by atoms with E-state index in [-0.39, 0.29) is 0 Å². The van der Waals surface area contributed by atoms with Gasteiger partial charge in [0.15, 0.2) is 0 Å². The summed E-state index contributed by atoms with van der Waals surface area (Å²) >= 11 is 0. The maximum Gasteiger partial charge on any atom is 0.0107 e. The Morgan fingerprint density at radius 2 is 1.95 bits per heavy atom. The van der Waals surface area contributed by atoms with Crippen molar-refractivity contribution in [1.82, 2.24) is 10.2 Å². The van der Waals surface area contributed by atoms with E-state index in [1.54, 1.807) is 0 Å². The fraction of sp³-hybridized carbons (Fsp3) is 0.647. The molecule has 2 rings (SSSR count). The van der Waals surface area contributed by atoms with Gasteiger partial charge in [-0.25, -0.2) is 0 Å².